The average Bonchev–Trinajstić information content (AvgIpc) is 3.43. The normalized spacial score (nSPS) is 11.1. The molecule has 0 spiro atoms. The van der Waals surface area contributed by atoms with Gasteiger partial charge < -0.3 is 19.5 Å². The molecule has 2 aromatic carbocycles. The molecule has 1 N–H and O–H groups in total. The van der Waals surface area contributed by atoms with Crippen molar-refractivity contribution in [1.29, 1.82) is 0 Å². The van der Waals surface area contributed by atoms with Gasteiger partial charge in [-0.1, -0.05) is 102 Å². The third kappa shape index (κ3) is 11.2. The van der Waals surface area contributed by atoms with Crippen molar-refractivity contribution in [3.8, 4) is 5.75 Å². The van der Waals surface area contributed by atoms with Gasteiger partial charge in [0.15, 0.2) is 0 Å². The van der Waals surface area contributed by atoms with Crippen molar-refractivity contribution in [2.45, 2.75) is 104 Å². The Bertz CT molecular complexity index is 1190. The van der Waals surface area contributed by atoms with Crippen LogP contribution < -0.4 is 4.74 Å². The van der Waals surface area contributed by atoms with E-state index in [9.17, 15) is 9.59 Å². The highest BCUT2D eigenvalue weighted by Gasteiger charge is 2.21. The maximum Gasteiger partial charge on any atom is 0.242 e. The SMILES string of the molecule is CCCCCCCCCCCC(=O)N(CCCC)CC(=O)N(CCc1c[nH]c2ccccc12)Cc1ccc(OC)cc1. The van der Waals surface area contributed by atoms with Crippen molar-refractivity contribution in [2.75, 3.05) is 26.7 Å². The number of carbonyl (C=O) groups excluding carboxylic acids is 2. The first kappa shape index (κ1) is 33.2. The van der Waals surface area contributed by atoms with E-state index >= 15 is 0 Å². The summed E-state index contributed by atoms with van der Waals surface area (Å²) in [5.41, 5.74) is 3.35. The second-order valence-electron chi connectivity index (χ2n) is 11.5. The van der Waals surface area contributed by atoms with Crippen LogP contribution in [0.15, 0.2) is 54.7 Å². The summed E-state index contributed by atoms with van der Waals surface area (Å²) in [4.78, 5) is 34.1. The van der Waals surface area contributed by atoms with Gasteiger partial charge in [0.05, 0.1) is 13.7 Å². The number of nitrogens with zero attached hydrogens (tertiary/aromatic N) is 2. The Morgan fingerprint density at radius 3 is 2.10 bits per heavy atom. The van der Waals surface area contributed by atoms with Gasteiger partial charge in [-0.15, -0.1) is 0 Å². The third-order valence-corrected chi connectivity index (χ3v) is 8.17. The van der Waals surface area contributed by atoms with E-state index in [2.05, 4.69) is 31.0 Å². The molecule has 0 aliphatic heterocycles. The van der Waals surface area contributed by atoms with Gasteiger partial charge in [0.2, 0.25) is 11.8 Å². The molecule has 230 valence electrons. The predicted molar refractivity (Wildman–Crippen MR) is 174 cm³/mol. The van der Waals surface area contributed by atoms with E-state index in [0.717, 1.165) is 48.9 Å². The Morgan fingerprint density at radius 1 is 0.738 bits per heavy atom. The summed E-state index contributed by atoms with van der Waals surface area (Å²) in [6, 6.07) is 16.1. The minimum absolute atomic E-state index is 0.00203. The average molecular weight is 576 g/mol. The molecule has 1 aromatic heterocycles. The lowest BCUT2D eigenvalue weighted by Crippen LogP contribution is -2.43. The molecule has 0 radical (unpaired) electrons. The lowest BCUT2D eigenvalue weighted by atomic mass is 10.1. The number of para-hydroxylation sites is 1. The highest BCUT2D eigenvalue weighted by molar-refractivity contribution is 5.85. The summed E-state index contributed by atoms with van der Waals surface area (Å²) in [7, 11) is 1.66. The maximum absolute atomic E-state index is 13.8. The standard InChI is InChI=1S/C36H53N3O3/c1-4-6-8-9-10-11-12-13-14-19-35(40)38(25-7-5-2)29-36(41)39(28-30-20-22-32(42-3)23-21-30)26-24-31-27-37-34-18-16-15-17-33(31)34/h15-18,20-23,27,37H,4-14,19,24-26,28-29H2,1-3H3. The summed E-state index contributed by atoms with van der Waals surface area (Å²) >= 11 is 0. The lowest BCUT2D eigenvalue weighted by Gasteiger charge is -2.28. The van der Waals surface area contributed by atoms with E-state index in [-0.39, 0.29) is 18.4 Å². The number of H-pyrrole nitrogens is 1. The number of aromatic nitrogens is 1. The van der Waals surface area contributed by atoms with Crippen molar-refractivity contribution in [3.05, 3.63) is 65.9 Å². The highest BCUT2D eigenvalue weighted by Crippen LogP contribution is 2.20. The van der Waals surface area contributed by atoms with E-state index in [1.165, 1.54) is 55.9 Å². The molecule has 0 fully saturated rings. The second kappa shape index (κ2) is 19.0. The molecule has 1 heterocycles. The quantitative estimate of drug-likeness (QED) is 0.130. The molecule has 0 bridgehead atoms. The van der Waals surface area contributed by atoms with Crippen LogP contribution in [0.25, 0.3) is 10.9 Å². The van der Waals surface area contributed by atoms with Crippen LogP contribution in [0.5, 0.6) is 5.75 Å². The summed E-state index contributed by atoms with van der Waals surface area (Å²) < 4.78 is 5.32. The first-order valence-electron chi connectivity index (χ1n) is 16.3. The first-order chi connectivity index (χ1) is 20.5. The number of hydrogen-bond donors (Lipinski definition) is 1. The Morgan fingerprint density at radius 2 is 1.40 bits per heavy atom. The summed E-state index contributed by atoms with van der Waals surface area (Å²) in [6.07, 6.45) is 16.2. The minimum atomic E-state index is 0.00203. The fraction of sp³-hybridized carbons (Fsp3) is 0.556. The molecule has 2 amide bonds. The second-order valence-corrected chi connectivity index (χ2v) is 11.5. The van der Waals surface area contributed by atoms with Gasteiger partial charge in [-0.05, 0) is 48.6 Å². The number of carbonyl (C=O) groups is 2. The number of nitrogens with one attached hydrogen (secondary N) is 1. The van der Waals surface area contributed by atoms with Gasteiger partial charge in [-0.3, -0.25) is 9.59 Å². The number of fused-ring (bicyclic) bond motifs is 1. The lowest BCUT2D eigenvalue weighted by molar-refractivity contribution is -0.141. The van der Waals surface area contributed by atoms with Crippen LogP contribution in [0.1, 0.15) is 102 Å². The van der Waals surface area contributed by atoms with E-state index < -0.39 is 0 Å². The Hall–Kier alpha value is -3.28. The van der Waals surface area contributed by atoms with Crippen molar-refractivity contribution in [2.24, 2.45) is 0 Å². The molecule has 0 unspecified atom stereocenters. The molecule has 6 heteroatoms. The van der Waals surface area contributed by atoms with Crippen molar-refractivity contribution < 1.29 is 14.3 Å². The Kier molecular flexibility index (Phi) is 15.0. The zero-order valence-corrected chi connectivity index (χ0v) is 26.3. The third-order valence-electron chi connectivity index (χ3n) is 8.17. The molecule has 3 aromatic rings. The number of rotatable bonds is 21. The van der Waals surface area contributed by atoms with Gasteiger partial charge >= 0.3 is 0 Å². The van der Waals surface area contributed by atoms with Crippen LogP contribution in [-0.4, -0.2) is 53.3 Å². The number of amides is 2. The first-order valence-corrected chi connectivity index (χ1v) is 16.3. The fourth-order valence-electron chi connectivity index (χ4n) is 5.49. The molecule has 0 saturated carbocycles. The number of hydrogen-bond acceptors (Lipinski definition) is 3. The minimum Gasteiger partial charge on any atom is -0.497 e. The van der Waals surface area contributed by atoms with E-state index in [1.54, 1.807) is 7.11 Å². The van der Waals surface area contributed by atoms with E-state index in [0.29, 0.717) is 26.1 Å². The molecular weight excluding hydrogens is 522 g/mol. The number of ether oxygens (including phenoxy) is 1. The van der Waals surface area contributed by atoms with Crippen LogP contribution in [0.4, 0.5) is 0 Å². The zero-order valence-electron chi connectivity index (χ0n) is 26.3. The smallest absolute Gasteiger partial charge is 0.242 e. The summed E-state index contributed by atoms with van der Waals surface area (Å²) in [6.45, 7) is 6.23. The maximum atomic E-state index is 13.8. The monoisotopic (exact) mass is 575 g/mol. The topological polar surface area (TPSA) is 65.6 Å². The van der Waals surface area contributed by atoms with Gasteiger partial charge in [0.1, 0.15) is 5.75 Å². The highest BCUT2D eigenvalue weighted by atomic mass is 16.5. The summed E-state index contributed by atoms with van der Waals surface area (Å²) in [5.74, 6) is 0.909. The molecule has 42 heavy (non-hydrogen) atoms. The molecule has 3 rings (SSSR count). The van der Waals surface area contributed by atoms with Crippen LogP contribution in [0.2, 0.25) is 0 Å². The summed E-state index contributed by atoms with van der Waals surface area (Å²) in [5, 5.41) is 1.19. The van der Waals surface area contributed by atoms with Gasteiger partial charge in [0.25, 0.3) is 0 Å². The number of unbranched alkanes of at least 4 members (excludes halogenated alkanes) is 9. The Balaban J connectivity index is 1.60. The van der Waals surface area contributed by atoms with Crippen LogP contribution in [-0.2, 0) is 22.6 Å². The van der Waals surface area contributed by atoms with Crippen LogP contribution in [0, 0.1) is 0 Å². The van der Waals surface area contributed by atoms with Crippen molar-refractivity contribution >= 4 is 22.7 Å². The molecule has 0 atom stereocenters. The van der Waals surface area contributed by atoms with Gasteiger partial charge in [0, 0.05) is 43.2 Å². The molecule has 6 nitrogen and oxygen atoms in total. The van der Waals surface area contributed by atoms with Crippen LogP contribution in [0.3, 0.4) is 0 Å². The number of methoxy groups -OCH3 is 1. The zero-order chi connectivity index (χ0) is 30.0. The Labute approximate surface area is 253 Å². The molecule has 0 saturated heterocycles. The van der Waals surface area contributed by atoms with E-state index in [1.807, 2.05) is 52.4 Å². The van der Waals surface area contributed by atoms with Crippen molar-refractivity contribution in [1.82, 2.24) is 14.8 Å². The fourth-order valence-corrected chi connectivity index (χ4v) is 5.49. The van der Waals surface area contributed by atoms with Gasteiger partial charge in [-0.2, -0.15) is 0 Å². The number of benzene rings is 2. The van der Waals surface area contributed by atoms with E-state index in [4.69, 9.17) is 4.74 Å². The van der Waals surface area contributed by atoms with Crippen LogP contribution >= 0.6 is 0 Å². The van der Waals surface area contributed by atoms with Crippen molar-refractivity contribution in [3.63, 3.8) is 0 Å². The van der Waals surface area contributed by atoms with Gasteiger partial charge in [-0.25, -0.2) is 0 Å². The molecular formula is C36H53N3O3. The molecule has 0 aliphatic carbocycles. The largest absolute Gasteiger partial charge is 0.497 e. The predicted octanol–water partition coefficient (Wildman–Crippen LogP) is 8.30. The molecule has 0 aliphatic rings. The number of aromatic amines is 1.